The fourth-order valence-corrected chi connectivity index (χ4v) is 3.97. The van der Waals surface area contributed by atoms with Crippen LogP contribution in [-0.4, -0.2) is 37.5 Å². The molecular formula is C18H19N5O2S. The first-order chi connectivity index (χ1) is 12.6. The SMILES string of the molecule is Cc1nc(-c2ccc(C(=O)N3CCCC[C@H]3c3n[nH]c(=O)[nH]3)cc2)cs1. The Morgan fingerprint density at radius 1 is 1.27 bits per heavy atom. The van der Waals surface area contributed by atoms with Crippen molar-refractivity contribution in [1.82, 2.24) is 25.1 Å². The highest BCUT2D eigenvalue weighted by atomic mass is 32.1. The molecule has 1 atom stereocenters. The minimum Gasteiger partial charge on any atom is -0.328 e. The largest absolute Gasteiger partial charge is 0.340 e. The molecule has 0 bridgehead atoms. The van der Waals surface area contributed by atoms with Gasteiger partial charge in [-0.15, -0.1) is 11.3 Å². The molecule has 1 saturated heterocycles. The number of H-pyrrole nitrogens is 2. The van der Waals surface area contributed by atoms with E-state index in [1.54, 1.807) is 16.2 Å². The van der Waals surface area contributed by atoms with Crippen LogP contribution in [0, 0.1) is 6.92 Å². The standard InChI is InChI=1S/C18H19N5O2S/c1-11-19-14(10-26-11)12-5-7-13(8-6-12)17(24)23-9-3-2-4-15(23)16-20-18(25)22-21-16/h5-8,10,15H,2-4,9H2,1H3,(H2,20,21,22,25)/t15-/m0/s1. The maximum atomic E-state index is 13.0. The van der Waals surface area contributed by atoms with Crippen molar-refractivity contribution in [3.8, 4) is 11.3 Å². The highest BCUT2D eigenvalue weighted by Gasteiger charge is 2.30. The smallest absolute Gasteiger partial charge is 0.328 e. The van der Waals surface area contributed by atoms with Gasteiger partial charge in [0.15, 0.2) is 5.82 Å². The molecule has 0 unspecified atom stereocenters. The van der Waals surface area contributed by atoms with Crippen molar-refractivity contribution < 1.29 is 4.79 Å². The topological polar surface area (TPSA) is 94.7 Å². The summed E-state index contributed by atoms with van der Waals surface area (Å²) < 4.78 is 0. The average Bonchev–Trinajstić information content (AvgIpc) is 3.30. The number of amides is 1. The Morgan fingerprint density at radius 3 is 2.73 bits per heavy atom. The van der Waals surface area contributed by atoms with Crippen LogP contribution >= 0.6 is 11.3 Å². The van der Waals surface area contributed by atoms with Crippen LogP contribution in [0.25, 0.3) is 11.3 Å². The molecule has 0 saturated carbocycles. The first-order valence-corrected chi connectivity index (χ1v) is 9.48. The molecule has 1 aromatic carbocycles. The minimum absolute atomic E-state index is 0.0421. The van der Waals surface area contributed by atoms with Crippen molar-refractivity contribution in [2.45, 2.75) is 32.2 Å². The van der Waals surface area contributed by atoms with E-state index < -0.39 is 0 Å². The molecule has 8 heteroatoms. The fraction of sp³-hybridized carbons (Fsp3) is 0.333. The van der Waals surface area contributed by atoms with Gasteiger partial charge in [-0.1, -0.05) is 12.1 Å². The molecule has 2 aromatic heterocycles. The molecule has 4 rings (SSSR count). The van der Waals surface area contributed by atoms with Gasteiger partial charge in [0.25, 0.3) is 5.91 Å². The van der Waals surface area contributed by atoms with Crippen molar-refractivity contribution in [2.75, 3.05) is 6.54 Å². The van der Waals surface area contributed by atoms with Gasteiger partial charge in [-0.3, -0.25) is 9.78 Å². The van der Waals surface area contributed by atoms with Gasteiger partial charge in [-0.2, -0.15) is 5.10 Å². The third kappa shape index (κ3) is 3.20. The van der Waals surface area contributed by atoms with Gasteiger partial charge < -0.3 is 4.90 Å². The van der Waals surface area contributed by atoms with Crippen LogP contribution in [0.2, 0.25) is 0 Å². The normalized spacial score (nSPS) is 17.4. The fourth-order valence-electron chi connectivity index (χ4n) is 3.35. The van der Waals surface area contributed by atoms with E-state index in [2.05, 4.69) is 20.2 Å². The second-order valence-corrected chi connectivity index (χ2v) is 7.46. The van der Waals surface area contributed by atoms with Gasteiger partial charge in [0, 0.05) is 23.1 Å². The number of benzene rings is 1. The number of aryl methyl sites for hydroxylation is 1. The van der Waals surface area contributed by atoms with E-state index in [1.807, 2.05) is 36.6 Å². The number of aromatic amines is 2. The first-order valence-electron chi connectivity index (χ1n) is 8.60. The van der Waals surface area contributed by atoms with Gasteiger partial charge in [0.05, 0.1) is 16.7 Å². The lowest BCUT2D eigenvalue weighted by atomic mass is 9.99. The predicted molar refractivity (Wildman–Crippen MR) is 99.1 cm³/mol. The molecule has 134 valence electrons. The summed E-state index contributed by atoms with van der Waals surface area (Å²) in [6.07, 6.45) is 2.75. The number of rotatable bonds is 3. The summed E-state index contributed by atoms with van der Waals surface area (Å²) in [5.41, 5.74) is 2.21. The molecule has 1 fully saturated rings. The molecule has 3 heterocycles. The lowest BCUT2D eigenvalue weighted by Gasteiger charge is -2.34. The summed E-state index contributed by atoms with van der Waals surface area (Å²) in [5, 5.41) is 9.45. The maximum absolute atomic E-state index is 13.0. The van der Waals surface area contributed by atoms with E-state index in [1.165, 1.54) is 0 Å². The second-order valence-electron chi connectivity index (χ2n) is 6.40. The zero-order valence-electron chi connectivity index (χ0n) is 14.4. The Labute approximate surface area is 154 Å². The van der Waals surface area contributed by atoms with Crippen LogP contribution in [0.15, 0.2) is 34.4 Å². The third-order valence-electron chi connectivity index (χ3n) is 4.65. The quantitative estimate of drug-likeness (QED) is 0.742. The minimum atomic E-state index is -0.346. The molecule has 0 aliphatic carbocycles. The number of carbonyl (C=O) groups is 1. The van der Waals surface area contributed by atoms with Crippen LogP contribution in [-0.2, 0) is 0 Å². The lowest BCUT2D eigenvalue weighted by Crippen LogP contribution is -2.39. The van der Waals surface area contributed by atoms with Crippen molar-refractivity contribution in [1.29, 1.82) is 0 Å². The van der Waals surface area contributed by atoms with Crippen LogP contribution in [0.5, 0.6) is 0 Å². The first kappa shape index (κ1) is 16.7. The zero-order valence-corrected chi connectivity index (χ0v) is 15.2. The van der Waals surface area contributed by atoms with Crippen LogP contribution in [0.1, 0.15) is 46.5 Å². The van der Waals surface area contributed by atoms with Crippen LogP contribution in [0.3, 0.4) is 0 Å². The van der Waals surface area contributed by atoms with E-state index in [9.17, 15) is 9.59 Å². The van der Waals surface area contributed by atoms with Crippen molar-refractivity contribution in [3.05, 3.63) is 56.5 Å². The summed E-state index contributed by atoms with van der Waals surface area (Å²) in [6, 6.07) is 7.33. The van der Waals surface area contributed by atoms with Crippen molar-refractivity contribution >= 4 is 17.2 Å². The summed E-state index contributed by atoms with van der Waals surface area (Å²) in [7, 11) is 0. The summed E-state index contributed by atoms with van der Waals surface area (Å²) in [4.78, 5) is 33.4. The van der Waals surface area contributed by atoms with Gasteiger partial charge in [0.1, 0.15) is 0 Å². The molecule has 1 aliphatic rings. The monoisotopic (exact) mass is 369 g/mol. The van der Waals surface area contributed by atoms with E-state index >= 15 is 0 Å². The summed E-state index contributed by atoms with van der Waals surface area (Å²) in [6.45, 7) is 2.63. The van der Waals surface area contributed by atoms with Crippen LogP contribution in [0.4, 0.5) is 0 Å². The van der Waals surface area contributed by atoms with E-state index in [0.717, 1.165) is 35.5 Å². The Morgan fingerprint density at radius 2 is 2.08 bits per heavy atom. The molecule has 1 amide bonds. The lowest BCUT2D eigenvalue weighted by molar-refractivity contribution is 0.0600. The Kier molecular flexibility index (Phi) is 4.42. The predicted octanol–water partition coefficient (Wildman–Crippen LogP) is 2.90. The number of likely N-dealkylation sites (tertiary alicyclic amines) is 1. The number of carbonyl (C=O) groups excluding carboxylic acids is 1. The van der Waals surface area contributed by atoms with Gasteiger partial charge in [0.2, 0.25) is 0 Å². The number of nitrogens with one attached hydrogen (secondary N) is 2. The number of thiazole rings is 1. The molecule has 1 aliphatic heterocycles. The van der Waals surface area contributed by atoms with Gasteiger partial charge in [-0.05, 0) is 38.3 Å². The van der Waals surface area contributed by atoms with Crippen molar-refractivity contribution in [2.24, 2.45) is 0 Å². The van der Waals surface area contributed by atoms with E-state index in [-0.39, 0.29) is 17.6 Å². The molecule has 3 aromatic rings. The molecule has 7 nitrogen and oxygen atoms in total. The van der Waals surface area contributed by atoms with E-state index in [4.69, 9.17) is 0 Å². The van der Waals surface area contributed by atoms with Crippen LogP contribution < -0.4 is 5.69 Å². The third-order valence-corrected chi connectivity index (χ3v) is 5.42. The highest BCUT2D eigenvalue weighted by molar-refractivity contribution is 7.09. The van der Waals surface area contributed by atoms with Crippen molar-refractivity contribution in [3.63, 3.8) is 0 Å². The Hall–Kier alpha value is -2.74. The highest BCUT2D eigenvalue weighted by Crippen LogP contribution is 2.30. The Balaban J connectivity index is 1.58. The van der Waals surface area contributed by atoms with Gasteiger partial charge >= 0.3 is 5.69 Å². The number of nitrogens with zero attached hydrogens (tertiary/aromatic N) is 3. The summed E-state index contributed by atoms with van der Waals surface area (Å²) >= 11 is 1.61. The number of aromatic nitrogens is 4. The second kappa shape index (κ2) is 6.87. The number of piperidine rings is 1. The molecule has 26 heavy (non-hydrogen) atoms. The molecule has 0 spiro atoms. The zero-order chi connectivity index (χ0) is 18.1. The molecule has 0 radical (unpaired) electrons. The maximum Gasteiger partial charge on any atom is 0.340 e. The van der Waals surface area contributed by atoms with E-state index in [0.29, 0.717) is 17.9 Å². The number of hydrogen-bond donors (Lipinski definition) is 2. The molecular weight excluding hydrogens is 350 g/mol. The number of hydrogen-bond acceptors (Lipinski definition) is 5. The van der Waals surface area contributed by atoms with Gasteiger partial charge in [-0.25, -0.2) is 14.9 Å². The average molecular weight is 369 g/mol. The Bertz CT molecular complexity index is 972. The molecule has 2 N–H and O–H groups in total. The summed E-state index contributed by atoms with van der Waals surface area (Å²) in [5.74, 6) is 0.483.